The van der Waals surface area contributed by atoms with Crippen molar-refractivity contribution in [2.45, 2.75) is 38.6 Å². The summed E-state index contributed by atoms with van der Waals surface area (Å²) in [6, 6.07) is 4.88. The number of hydrogen-bond acceptors (Lipinski definition) is 2. The van der Waals surface area contributed by atoms with Crippen LogP contribution in [0.2, 0.25) is 0 Å². The summed E-state index contributed by atoms with van der Waals surface area (Å²) in [6.45, 7) is 2.14. The van der Waals surface area contributed by atoms with Crippen LogP contribution >= 0.6 is 0 Å². The molecule has 0 bridgehead atoms. The summed E-state index contributed by atoms with van der Waals surface area (Å²) >= 11 is 0. The lowest BCUT2D eigenvalue weighted by molar-refractivity contribution is 0.381. The van der Waals surface area contributed by atoms with Gasteiger partial charge in [0.15, 0.2) is 11.6 Å². The Balaban J connectivity index is 2.71. The number of nitrogens with two attached hydrogens (primary N) is 1. The normalized spacial score (nSPS) is 12.5. The monoisotopic (exact) mass is 225 g/mol. The van der Waals surface area contributed by atoms with Gasteiger partial charge in [0.2, 0.25) is 0 Å². The van der Waals surface area contributed by atoms with E-state index in [-0.39, 0.29) is 17.6 Å². The van der Waals surface area contributed by atoms with Gasteiger partial charge in [-0.2, -0.15) is 0 Å². The average Bonchev–Trinajstić information content (AvgIpc) is 2.29. The molecule has 0 amide bonds. The van der Waals surface area contributed by atoms with E-state index in [1.807, 2.05) is 0 Å². The molecule has 1 aromatic carbocycles. The molecule has 0 aromatic heterocycles. The summed E-state index contributed by atoms with van der Waals surface area (Å²) in [5.41, 5.74) is 6.52. The molecule has 3 heteroatoms. The van der Waals surface area contributed by atoms with Gasteiger partial charge in [0.05, 0.1) is 7.11 Å². The first-order chi connectivity index (χ1) is 7.70. The van der Waals surface area contributed by atoms with Crippen molar-refractivity contribution in [2.75, 3.05) is 7.11 Å². The second-order valence-electron chi connectivity index (χ2n) is 3.97. The van der Waals surface area contributed by atoms with Gasteiger partial charge in [-0.25, -0.2) is 4.39 Å². The van der Waals surface area contributed by atoms with Crippen LogP contribution in [0.5, 0.6) is 5.75 Å². The Bertz CT molecular complexity index is 328. The Morgan fingerprint density at radius 1 is 1.38 bits per heavy atom. The van der Waals surface area contributed by atoms with E-state index in [0.717, 1.165) is 25.7 Å². The fourth-order valence-corrected chi connectivity index (χ4v) is 1.74. The molecule has 0 fully saturated rings. The number of methoxy groups -OCH3 is 1. The van der Waals surface area contributed by atoms with Crippen LogP contribution in [0.25, 0.3) is 0 Å². The van der Waals surface area contributed by atoms with E-state index in [2.05, 4.69) is 6.92 Å². The van der Waals surface area contributed by atoms with E-state index in [9.17, 15) is 4.39 Å². The highest BCUT2D eigenvalue weighted by Gasteiger charge is 2.14. The molecule has 90 valence electrons. The van der Waals surface area contributed by atoms with E-state index in [1.54, 1.807) is 18.2 Å². The van der Waals surface area contributed by atoms with Crippen LogP contribution in [-0.4, -0.2) is 7.11 Å². The topological polar surface area (TPSA) is 35.2 Å². The van der Waals surface area contributed by atoms with Crippen molar-refractivity contribution in [3.8, 4) is 5.75 Å². The minimum Gasteiger partial charge on any atom is -0.494 e. The van der Waals surface area contributed by atoms with E-state index >= 15 is 0 Å². The third kappa shape index (κ3) is 3.20. The van der Waals surface area contributed by atoms with Gasteiger partial charge in [-0.15, -0.1) is 0 Å². The third-order valence-electron chi connectivity index (χ3n) is 2.73. The van der Waals surface area contributed by atoms with Gasteiger partial charge >= 0.3 is 0 Å². The average molecular weight is 225 g/mol. The Labute approximate surface area is 96.6 Å². The molecular weight excluding hydrogens is 205 g/mol. The highest BCUT2D eigenvalue weighted by Crippen LogP contribution is 2.26. The van der Waals surface area contributed by atoms with Crippen molar-refractivity contribution in [3.63, 3.8) is 0 Å². The van der Waals surface area contributed by atoms with Crippen molar-refractivity contribution < 1.29 is 9.13 Å². The number of benzene rings is 1. The zero-order valence-electron chi connectivity index (χ0n) is 10.0. The van der Waals surface area contributed by atoms with Gasteiger partial charge in [0, 0.05) is 11.6 Å². The number of unbranched alkanes of at least 4 members (excludes halogenated alkanes) is 2. The van der Waals surface area contributed by atoms with Crippen LogP contribution in [0, 0.1) is 5.82 Å². The highest BCUT2D eigenvalue weighted by atomic mass is 19.1. The zero-order chi connectivity index (χ0) is 12.0. The maximum Gasteiger partial charge on any atom is 0.169 e. The van der Waals surface area contributed by atoms with Crippen LogP contribution in [-0.2, 0) is 0 Å². The number of halogens is 1. The maximum atomic E-state index is 13.8. The van der Waals surface area contributed by atoms with E-state index in [4.69, 9.17) is 10.5 Å². The molecule has 1 rings (SSSR count). The van der Waals surface area contributed by atoms with E-state index < -0.39 is 0 Å². The highest BCUT2D eigenvalue weighted by molar-refractivity contribution is 5.32. The van der Waals surface area contributed by atoms with Crippen molar-refractivity contribution in [1.82, 2.24) is 0 Å². The quantitative estimate of drug-likeness (QED) is 0.753. The molecular formula is C13H20FNO. The zero-order valence-corrected chi connectivity index (χ0v) is 10.0. The van der Waals surface area contributed by atoms with Crippen LogP contribution in [0.1, 0.15) is 44.2 Å². The Hall–Kier alpha value is -1.09. The second kappa shape index (κ2) is 6.48. The predicted octanol–water partition coefficient (Wildman–Crippen LogP) is 3.41. The third-order valence-corrected chi connectivity index (χ3v) is 2.73. The molecule has 2 nitrogen and oxygen atoms in total. The molecule has 0 aliphatic rings. The smallest absolute Gasteiger partial charge is 0.169 e. The largest absolute Gasteiger partial charge is 0.494 e. The standard InChI is InChI=1S/C13H20FNO/c1-3-4-5-8-11(15)10-7-6-9-12(16-2)13(10)14/h6-7,9,11H,3-5,8,15H2,1-2H3/t11-/m1/s1. The molecule has 2 N–H and O–H groups in total. The molecule has 0 saturated carbocycles. The Kier molecular flexibility index (Phi) is 5.26. The fourth-order valence-electron chi connectivity index (χ4n) is 1.74. The van der Waals surface area contributed by atoms with Gasteiger partial charge in [0.1, 0.15) is 0 Å². The summed E-state index contributed by atoms with van der Waals surface area (Å²) in [6.07, 6.45) is 4.14. The molecule has 0 saturated heterocycles. The van der Waals surface area contributed by atoms with Gasteiger partial charge in [-0.1, -0.05) is 38.3 Å². The second-order valence-corrected chi connectivity index (χ2v) is 3.97. The van der Waals surface area contributed by atoms with Crippen molar-refractivity contribution in [3.05, 3.63) is 29.6 Å². The van der Waals surface area contributed by atoms with Gasteiger partial charge in [0.25, 0.3) is 0 Å². The maximum absolute atomic E-state index is 13.8. The Morgan fingerprint density at radius 3 is 2.75 bits per heavy atom. The number of ether oxygens (including phenoxy) is 1. The van der Waals surface area contributed by atoms with Crippen LogP contribution in [0.4, 0.5) is 4.39 Å². The van der Waals surface area contributed by atoms with Crippen molar-refractivity contribution >= 4 is 0 Å². The molecule has 0 aliphatic carbocycles. The first-order valence-electron chi connectivity index (χ1n) is 5.78. The van der Waals surface area contributed by atoms with Gasteiger partial charge < -0.3 is 10.5 Å². The van der Waals surface area contributed by atoms with E-state index in [1.165, 1.54) is 7.11 Å². The summed E-state index contributed by atoms with van der Waals surface area (Å²) in [5.74, 6) is -0.0579. The van der Waals surface area contributed by atoms with Gasteiger partial charge in [-0.05, 0) is 12.5 Å². The van der Waals surface area contributed by atoms with Gasteiger partial charge in [-0.3, -0.25) is 0 Å². The van der Waals surface area contributed by atoms with Crippen LogP contribution < -0.4 is 10.5 Å². The summed E-state index contributed by atoms with van der Waals surface area (Å²) in [5, 5.41) is 0. The lowest BCUT2D eigenvalue weighted by Crippen LogP contribution is -2.12. The number of hydrogen-bond donors (Lipinski definition) is 1. The van der Waals surface area contributed by atoms with Crippen molar-refractivity contribution in [1.29, 1.82) is 0 Å². The van der Waals surface area contributed by atoms with E-state index in [0.29, 0.717) is 5.56 Å². The Morgan fingerprint density at radius 2 is 2.12 bits per heavy atom. The van der Waals surface area contributed by atoms with Crippen LogP contribution in [0.15, 0.2) is 18.2 Å². The minimum absolute atomic E-state index is 0.235. The summed E-state index contributed by atoms with van der Waals surface area (Å²) < 4.78 is 18.8. The fraction of sp³-hybridized carbons (Fsp3) is 0.538. The minimum atomic E-state index is -0.325. The lowest BCUT2D eigenvalue weighted by atomic mass is 10.0. The van der Waals surface area contributed by atoms with Crippen LogP contribution in [0.3, 0.4) is 0 Å². The molecule has 0 spiro atoms. The molecule has 1 atom stereocenters. The molecule has 0 aliphatic heterocycles. The molecule has 0 unspecified atom stereocenters. The lowest BCUT2D eigenvalue weighted by Gasteiger charge is -2.14. The first-order valence-corrected chi connectivity index (χ1v) is 5.78. The SMILES string of the molecule is CCCCC[C@@H](N)c1cccc(OC)c1F. The van der Waals surface area contributed by atoms with Crippen molar-refractivity contribution in [2.24, 2.45) is 5.73 Å². The molecule has 1 aromatic rings. The molecule has 0 radical (unpaired) electrons. The number of rotatable bonds is 6. The summed E-state index contributed by atoms with van der Waals surface area (Å²) in [4.78, 5) is 0. The molecule has 0 heterocycles. The first kappa shape index (κ1) is 13.0. The predicted molar refractivity (Wildman–Crippen MR) is 64.0 cm³/mol. The molecule has 16 heavy (non-hydrogen) atoms. The summed E-state index contributed by atoms with van der Waals surface area (Å²) in [7, 11) is 1.46.